The summed E-state index contributed by atoms with van der Waals surface area (Å²) in [6.07, 6.45) is -5.84. The van der Waals surface area contributed by atoms with Gasteiger partial charge in [0, 0.05) is 6.07 Å². The minimum atomic E-state index is -4.66. The van der Waals surface area contributed by atoms with E-state index in [9.17, 15) is 23.1 Å². The van der Waals surface area contributed by atoms with E-state index in [1.165, 1.54) is 0 Å². The Hall–Kier alpha value is -2.35. The molecule has 1 aromatic heterocycles. The molecule has 0 bridgehead atoms. The van der Waals surface area contributed by atoms with Crippen LogP contribution < -0.4 is 10.3 Å². The maximum atomic E-state index is 12.6. The highest BCUT2D eigenvalue weighted by atomic mass is 19.4. The molecule has 0 aliphatic rings. The van der Waals surface area contributed by atoms with E-state index in [2.05, 4.69) is 5.10 Å². The number of nitrogens with zero attached hydrogens (tertiary/aromatic N) is 2. The van der Waals surface area contributed by atoms with E-state index >= 15 is 0 Å². The van der Waals surface area contributed by atoms with Gasteiger partial charge in [-0.1, -0.05) is 17.7 Å². The van der Waals surface area contributed by atoms with Crippen molar-refractivity contribution in [3.05, 3.63) is 57.5 Å². The van der Waals surface area contributed by atoms with Crippen LogP contribution in [0.25, 0.3) is 0 Å². The molecule has 1 heterocycles. The third-order valence-electron chi connectivity index (χ3n) is 3.30. The number of alkyl halides is 3. The van der Waals surface area contributed by atoms with E-state index in [0.717, 1.165) is 17.2 Å². The van der Waals surface area contributed by atoms with E-state index in [0.29, 0.717) is 16.5 Å². The lowest BCUT2D eigenvalue weighted by Crippen LogP contribution is -2.33. The number of hydrogen-bond donors (Lipinski definition) is 1. The Kier molecular flexibility index (Phi) is 5.28. The van der Waals surface area contributed by atoms with Gasteiger partial charge in [-0.3, -0.25) is 4.79 Å². The van der Waals surface area contributed by atoms with Crippen LogP contribution in [0.2, 0.25) is 0 Å². The zero-order valence-corrected chi connectivity index (χ0v) is 13.2. The first kappa shape index (κ1) is 18.0. The van der Waals surface area contributed by atoms with Crippen LogP contribution in [0.3, 0.4) is 0 Å². The van der Waals surface area contributed by atoms with Gasteiger partial charge in [-0.2, -0.15) is 18.3 Å². The highest BCUT2D eigenvalue weighted by molar-refractivity contribution is 5.35. The standard InChI is InChI=1S/C16H17F3N2O3/c1-10-3-4-13(11(2)7-10)24-9-12(22)8-21-15(23)6-5-14(20-21)16(17,18)19/h3-7,12,22H,8-9H2,1-2H3. The number of rotatable bonds is 5. The number of hydrogen-bond acceptors (Lipinski definition) is 4. The normalized spacial score (nSPS) is 12.9. The van der Waals surface area contributed by atoms with Crippen LogP contribution in [-0.4, -0.2) is 27.6 Å². The van der Waals surface area contributed by atoms with Crippen LogP contribution in [0.5, 0.6) is 5.75 Å². The molecule has 0 aliphatic heterocycles. The smallest absolute Gasteiger partial charge is 0.435 e. The van der Waals surface area contributed by atoms with Crippen molar-refractivity contribution in [2.24, 2.45) is 0 Å². The van der Waals surface area contributed by atoms with E-state index in [4.69, 9.17) is 4.74 Å². The van der Waals surface area contributed by atoms with Crippen molar-refractivity contribution in [2.45, 2.75) is 32.7 Å². The molecule has 0 spiro atoms. The number of aliphatic hydroxyl groups excluding tert-OH is 1. The molecule has 2 rings (SSSR count). The molecular weight excluding hydrogens is 325 g/mol. The molecule has 0 radical (unpaired) electrons. The van der Waals surface area contributed by atoms with E-state index in [-0.39, 0.29) is 6.61 Å². The summed E-state index contributed by atoms with van der Waals surface area (Å²) in [4.78, 5) is 11.6. The maximum absolute atomic E-state index is 12.6. The SMILES string of the molecule is Cc1ccc(OCC(O)Cn2nc(C(F)(F)F)ccc2=O)c(C)c1. The zero-order valence-electron chi connectivity index (χ0n) is 13.2. The summed E-state index contributed by atoms with van der Waals surface area (Å²) < 4.78 is 43.9. The summed E-state index contributed by atoms with van der Waals surface area (Å²) in [7, 11) is 0. The molecule has 1 aromatic carbocycles. The highest BCUT2D eigenvalue weighted by Gasteiger charge is 2.33. The Balaban J connectivity index is 2.04. The number of aromatic nitrogens is 2. The number of aryl methyl sites for hydroxylation is 2. The van der Waals surface area contributed by atoms with Gasteiger partial charge in [0.2, 0.25) is 0 Å². The summed E-state index contributed by atoms with van der Waals surface area (Å²) >= 11 is 0. The number of aliphatic hydroxyl groups is 1. The Bertz CT molecular complexity index is 772. The second kappa shape index (κ2) is 7.04. The molecule has 24 heavy (non-hydrogen) atoms. The van der Waals surface area contributed by atoms with Gasteiger partial charge in [0.1, 0.15) is 18.5 Å². The number of ether oxygens (including phenoxy) is 1. The molecule has 1 atom stereocenters. The van der Waals surface area contributed by atoms with Crippen LogP contribution in [-0.2, 0) is 12.7 Å². The molecule has 5 nitrogen and oxygen atoms in total. The number of halogens is 3. The zero-order chi connectivity index (χ0) is 17.9. The van der Waals surface area contributed by atoms with Gasteiger partial charge in [0.25, 0.3) is 5.56 Å². The first-order valence-electron chi connectivity index (χ1n) is 7.20. The second-order valence-corrected chi connectivity index (χ2v) is 5.47. The predicted octanol–water partition coefficient (Wildman–Crippen LogP) is 2.32. The molecule has 130 valence electrons. The van der Waals surface area contributed by atoms with Crippen molar-refractivity contribution in [2.75, 3.05) is 6.61 Å². The van der Waals surface area contributed by atoms with Crippen molar-refractivity contribution in [1.82, 2.24) is 9.78 Å². The largest absolute Gasteiger partial charge is 0.491 e. The van der Waals surface area contributed by atoms with Gasteiger partial charge in [-0.25, -0.2) is 4.68 Å². The topological polar surface area (TPSA) is 64.3 Å². The molecule has 0 aliphatic carbocycles. The van der Waals surface area contributed by atoms with Crippen molar-refractivity contribution in [3.63, 3.8) is 0 Å². The summed E-state index contributed by atoms with van der Waals surface area (Å²) in [6.45, 7) is 3.20. The fourth-order valence-corrected chi connectivity index (χ4v) is 2.13. The van der Waals surface area contributed by atoms with Crippen LogP contribution in [0, 0.1) is 13.8 Å². The lowest BCUT2D eigenvalue weighted by Gasteiger charge is -2.15. The molecule has 0 fully saturated rings. The van der Waals surface area contributed by atoms with Gasteiger partial charge < -0.3 is 9.84 Å². The molecule has 8 heteroatoms. The average Bonchev–Trinajstić information content (AvgIpc) is 2.47. The average molecular weight is 342 g/mol. The Morgan fingerprint density at radius 2 is 1.96 bits per heavy atom. The van der Waals surface area contributed by atoms with E-state index in [1.54, 1.807) is 6.07 Å². The summed E-state index contributed by atoms with van der Waals surface area (Å²) in [5, 5.41) is 13.2. The summed E-state index contributed by atoms with van der Waals surface area (Å²) in [5.41, 5.74) is 0.00911. The summed E-state index contributed by atoms with van der Waals surface area (Å²) in [6, 6.07) is 6.87. The maximum Gasteiger partial charge on any atom is 0.435 e. The quantitative estimate of drug-likeness (QED) is 0.906. The molecule has 0 saturated heterocycles. The fraction of sp³-hybridized carbons (Fsp3) is 0.375. The van der Waals surface area contributed by atoms with Crippen LogP contribution in [0.1, 0.15) is 16.8 Å². The van der Waals surface area contributed by atoms with Crippen LogP contribution in [0.4, 0.5) is 13.2 Å². The third-order valence-corrected chi connectivity index (χ3v) is 3.30. The molecule has 0 saturated carbocycles. The Morgan fingerprint density at radius 1 is 1.25 bits per heavy atom. The molecular formula is C16H17F3N2O3. The molecule has 1 N–H and O–H groups in total. The third kappa shape index (κ3) is 4.58. The Labute approximate surface area is 136 Å². The first-order valence-corrected chi connectivity index (χ1v) is 7.20. The molecule has 2 aromatic rings. The molecule has 1 unspecified atom stereocenters. The number of benzene rings is 1. The van der Waals surface area contributed by atoms with Crippen molar-refractivity contribution < 1.29 is 23.0 Å². The fourth-order valence-electron chi connectivity index (χ4n) is 2.13. The minimum absolute atomic E-state index is 0.172. The van der Waals surface area contributed by atoms with Crippen molar-refractivity contribution in [3.8, 4) is 5.75 Å². The van der Waals surface area contributed by atoms with Gasteiger partial charge >= 0.3 is 6.18 Å². The van der Waals surface area contributed by atoms with Gasteiger partial charge in [-0.05, 0) is 31.5 Å². The lowest BCUT2D eigenvalue weighted by molar-refractivity contribution is -0.142. The van der Waals surface area contributed by atoms with Crippen molar-refractivity contribution in [1.29, 1.82) is 0 Å². The molecule has 0 amide bonds. The van der Waals surface area contributed by atoms with Gasteiger partial charge in [-0.15, -0.1) is 0 Å². The lowest BCUT2D eigenvalue weighted by atomic mass is 10.1. The van der Waals surface area contributed by atoms with E-state index < -0.39 is 30.1 Å². The first-order chi connectivity index (χ1) is 11.2. The van der Waals surface area contributed by atoms with Gasteiger partial charge in [0.05, 0.1) is 6.54 Å². The second-order valence-electron chi connectivity index (χ2n) is 5.47. The van der Waals surface area contributed by atoms with E-state index in [1.807, 2.05) is 26.0 Å². The van der Waals surface area contributed by atoms with Crippen LogP contribution >= 0.6 is 0 Å². The highest BCUT2D eigenvalue weighted by Crippen LogP contribution is 2.26. The van der Waals surface area contributed by atoms with Gasteiger partial charge in [0.15, 0.2) is 5.69 Å². The monoisotopic (exact) mass is 342 g/mol. The Morgan fingerprint density at radius 3 is 2.58 bits per heavy atom. The summed E-state index contributed by atoms with van der Waals surface area (Å²) in [5.74, 6) is 0.559. The predicted molar refractivity (Wildman–Crippen MR) is 80.9 cm³/mol. The van der Waals surface area contributed by atoms with Crippen LogP contribution in [0.15, 0.2) is 35.1 Å². The van der Waals surface area contributed by atoms with Crippen molar-refractivity contribution >= 4 is 0 Å². The minimum Gasteiger partial charge on any atom is -0.491 e.